The Labute approximate surface area is 174 Å². The Kier molecular flexibility index (Phi) is 6.39. The summed E-state index contributed by atoms with van der Waals surface area (Å²) in [6, 6.07) is 13.3. The lowest BCUT2D eigenvalue weighted by Crippen LogP contribution is -2.31. The Hall–Kier alpha value is -2.96. The second kappa shape index (κ2) is 8.81. The Balaban J connectivity index is 2.36. The van der Waals surface area contributed by atoms with Gasteiger partial charge in [0.25, 0.3) is 0 Å². The minimum Gasteiger partial charge on any atom is -0.481 e. The van der Waals surface area contributed by atoms with E-state index in [0.29, 0.717) is 16.8 Å². The van der Waals surface area contributed by atoms with Crippen LogP contribution in [-0.4, -0.2) is 38.1 Å². The van der Waals surface area contributed by atoms with Crippen LogP contribution in [0.3, 0.4) is 0 Å². The highest BCUT2D eigenvalue weighted by Gasteiger charge is 2.36. The van der Waals surface area contributed by atoms with Gasteiger partial charge in [0.05, 0.1) is 12.2 Å². The van der Waals surface area contributed by atoms with Crippen LogP contribution < -0.4 is 0 Å². The van der Waals surface area contributed by atoms with E-state index in [4.69, 9.17) is 0 Å². The number of hydrogen-bond donors (Lipinski definition) is 3. The van der Waals surface area contributed by atoms with Crippen LogP contribution >= 0.6 is 0 Å². The molecule has 3 N–H and O–H groups in total. The molecule has 3 unspecified atom stereocenters. The maximum Gasteiger partial charge on any atom is 0.315 e. The van der Waals surface area contributed by atoms with E-state index in [1.807, 2.05) is 42.7 Å². The number of hydrogen-bond acceptors (Lipinski definition) is 3. The van der Waals surface area contributed by atoms with Gasteiger partial charge in [-0.2, -0.15) is 0 Å². The van der Waals surface area contributed by atoms with Gasteiger partial charge in [0.2, 0.25) is 0 Å². The number of halogens is 1. The Bertz CT molecular complexity index is 1060. The average Bonchev–Trinajstić information content (AvgIpc) is 3.03. The third-order valence-corrected chi connectivity index (χ3v) is 5.30. The Morgan fingerprint density at radius 1 is 1.13 bits per heavy atom. The van der Waals surface area contributed by atoms with E-state index in [0.717, 1.165) is 10.9 Å². The molecule has 3 rings (SSSR count). The van der Waals surface area contributed by atoms with Crippen LogP contribution in [0.4, 0.5) is 4.39 Å². The molecule has 2 aromatic carbocycles. The van der Waals surface area contributed by atoms with Gasteiger partial charge in [-0.3, -0.25) is 4.79 Å². The molecular formula is C24H26FNO4. The quantitative estimate of drug-likeness (QED) is 0.477. The molecule has 0 amide bonds. The lowest BCUT2D eigenvalue weighted by atomic mass is 9.88. The first-order valence-electron chi connectivity index (χ1n) is 9.86. The Morgan fingerprint density at radius 2 is 1.77 bits per heavy atom. The number of nitrogens with zero attached hydrogens (tertiary/aromatic N) is 1. The number of para-hydroxylation sites is 1. The molecular weight excluding hydrogens is 385 g/mol. The van der Waals surface area contributed by atoms with Crippen LogP contribution in [0.15, 0.2) is 61.2 Å². The summed E-state index contributed by atoms with van der Waals surface area (Å²) in [5, 5.41) is 31.6. The van der Waals surface area contributed by atoms with Gasteiger partial charge in [-0.1, -0.05) is 36.4 Å². The van der Waals surface area contributed by atoms with Crippen molar-refractivity contribution in [3.05, 3.63) is 72.7 Å². The highest BCUT2D eigenvalue weighted by Crippen LogP contribution is 2.42. The number of benzene rings is 2. The molecule has 0 fully saturated rings. The third-order valence-electron chi connectivity index (χ3n) is 5.30. The summed E-state index contributed by atoms with van der Waals surface area (Å²) in [5.74, 6) is -2.89. The molecule has 0 aliphatic heterocycles. The van der Waals surface area contributed by atoms with Crippen molar-refractivity contribution in [2.45, 2.75) is 44.4 Å². The third kappa shape index (κ3) is 4.01. The summed E-state index contributed by atoms with van der Waals surface area (Å²) in [4.78, 5) is 12.4. The fraction of sp³-hybridized carbons (Fsp3) is 0.292. The molecule has 158 valence electrons. The van der Waals surface area contributed by atoms with E-state index < -0.39 is 29.9 Å². The molecule has 0 aliphatic rings. The maximum atomic E-state index is 13.6. The van der Waals surface area contributed by atoms with Crippen molar-refractivity contribution in [1.82, 2.24) is 4.57 Å². The first kappa shape index (κ1) is 21.7. The van der Waals surface area contributed by atoms with E-state index in [9.17, 15) is 24.5 Å². The number of carbonyl (C=O) groups is 1. The standard InChI is InChI=1S/C24H26FNO4/c1-4-17(27)13-20(28)22(24(29)30)23-21(15-9-11-16(25)12-10-15)18-7-5-6-8-19(18)26(23)14(2)3/h4-12,14,17,20,22,27-28H,1,13H2,2-3H3,(H,29,30). The molecule has 0 aliphatic carbocycles. The van der Waals surface area contributed by atoms with E-state index in [2.05, 4.69) is 6.58 Å². The fourth-order valence-electron chi connectivity index (χ4n) is 4.01. The Morgan fingerprint density at radius 3 is 2.33 bits per heavy atom. The van der Waals surface area contributed by atoms with Gasteiger partial charge in [-0.15, -0.1) is 6.58 Å². The molecule has 0 saturated carbocycles. The molecule has 3 atom stereocenters. The van der Waals surface area contributed by atoms with Gasteiger partial charge in [0, 0.05) is 34.6 Å². The number of fused-ring (bicyclic) bond motifs is 1. The van der Waals surface area contributed by atoms with Crippen molar-refractivity contribution in [3.8, 4) is 11.1 Å². The summed E-state index contributed by atoms with van der Waals surface area (Å²) in [5.41, 5.74) is 2.54. The minimum atomic E-state index is -1.35. The van der Waals surface area contributed by atoms with E-state index >= 15 is 0 Å². The highest BCUT2D eigenvalue weighted by molar-refractivity contribution is 6.00. The molecule has 1 aromatic heterocycles. The lowest BCUT2D eigenvalue weighted by molar-refractivity contribution is -0.142. The van der Waals surface area contributed by atoms with Crippen molar-refractivity contribution in [2.24, 2.45) is 0 Å². The van der Waals surface area contributed by atoms with Crippen LogP contribution in [-0.2, 0) is 4.79 Å². The predicted molar refractivity (Wildman–Crippen MR) is 115 cm³/mol. The van der Waals surface area contributed by atoms with E-state index in [-0.39, 0.29) is 12.5 Å². The van der Waals surface area contributed by atoms with Crippen molar-refractivity contribution in [1.29, 1.82) is 0 Å². The molecule has 0 radical (unpaired) electrons. The SMILES string of the molecule is C=CC(O)CC(O)C(C(=O)O)c1c(-c2ccc(F)cc2)c2ccccc2n1C(C)C. The van der Waals surface area contributed by atoms with E-state index in [1.54, 1.807) is 12.1 Å². The first-order chi connectivity index (χ1) is 14.3. The van der Waals surface area contributed by atoms with Crippen molar-refractivity contribution < 1.29 is 24.5 Å². The van der Waals surface area contributed by atoms with Gasteiger partial charge in [0.15, 0.2) is 0 Å². The first-order valence-corrected chi connectivity index (χ1v) is 9.86. The zero-order chi connectivity index (χ0) is 22.0. The van der Waals surface area contributed by atoms with Crippen molar-refractivity contribution in [3.63, 3.8) is 0 Å². The fourth-order valence-corrected chi connectivity index (χ4v) is 4.01. The predicted octanol–water partition coefficient (Wildman–Crippen LogP) is 4.49. The summed E-state index contributed by atoms with van der Waals surface area (Å²) >= 11 is 0. The number of aliphatic hydroxyl groups is 2. The molecule has 0 bridgehead atoms. The zero-order valence-corrected chi connectivity index (χ0v) is 17.0. The lowest BCUT2D eigenvalue weighted by Gasteiger charge is -2.25. The minimum absolute atomic E-state index is 0.0996. The average molecular weight is 411 g/mol. The van der Waals surface area contributed by atoms with Crippen LogP contribution in [0.25, 0.3) is 22.0 Å². The van der Waals surface area contributed by atoms with E-state index in [1.165, 1.54) is 18.2 Å². The molecule has 0 saturated heterocycles. The van der Waals surface area contributed by atoms with Gasteiger partial charge in [0.1, 0.15) is 11.7 Å². The molecule has 5 nitrogen and oxygen atoms in total. The molecule has 6 heteroatoms. The summed E-state index contributed by atoms with van der Waals surface area (Å²) in [7, 11) is 0. The van der Waals surface area contributed by atoms with Gasteiger partial charge in [-0.05, 0) is 37.6 Å². The van der Waals surface area contributed by atoms with Crippen LogP contribution in [0.1, 0.15) is 37.9 Å². The molecule has 0 spiro atoms. The molecule has 3 aromatic rings. The summed E-state index contributed by atoms with van der Waals surface area (Å²) in [6.07, 6.45) is -1.28. The number of carboxylic acid groups (broad SMARTS) is 1. The van der Waals surface area contributed by atoms with Crippen molar-refractivity contribution >= 4 is 16.9 Å². The second-order valence-corrected chi connectivity index (χ2v) is 7.67. The molecule has 1 heterocycles. The number of aliphatic carboxylic acids is 1. The van der Waals surface area contributed by atoms with Crippen LogP contribution in [0, 0.1) is 5.82 Å². The summed E-state index contributed by atoms with van der Waals surface area (Å²) < 4.78 is 15.5. The second-order valence-electron chi connectivity index (χ2n) is 7.67. The van der Waals surface area contributed by atoms with Crippen molar-refractivity contribution in [2.75, 3.05) is 0 Å². The smallest absolute Gasteiger partial charge is 0.315 e. The van der Waals surface area contributed by atoms with Gasteiger partial charge < -0.3 is 19.9 Å². The summed E-state index contributed by atoms with van der Waals surface area (Å²) in [6.45, 7) is 7.37. The van der Waals surface area contributed by atoms with Gasteiger partial charge in [-0.25, -0.2) is 4.39 Å². The topological polar surface area (TPSA) is 82.7 Å². The van der Waals surface area contributed by atoms with Crippen LogP contribution in [0.5, 0.6) is 0 Å². The normalized spacial score (nSPS) is 14.6. The maximum absolute atomic E-state index is 13.6. The number of aliphatic hydroxyl groups excluding tert-OH is 2. The van der Waals surface area contributed by atoms with Gasteiger partial charge >= 0.3 is 5.97 Å². The van der Waals surface area contributed by atoms with Crippen LogP contribution in [0.2, 0.25) is 0 Å². The molecule has 30 heavy (non-hydrogen) atoms. The monoisotopic (exact) mass is 411 g/mol. The number of aromatic nitrogens is 1. The number of rotatable bonds is 8. The highest BCUT2D eigenvalue weighted by atomic mass is 19.1. The zero-order valence-electron chi connectivity index (χ0n) is 17.0. The largest absolute Gasteiger partial charge is 0.481 e. The number of carboxylic acids is 1.